The van der Waals surface area contributed by atoms with Gasteiger partial charge in [0.2, 0.25) is 0 Å². The van der Waals surface area contributed by atoms with Crippen LogP contribution in [0.4, 0.5) is 0 Å². The van der Waals surface area contributed by atoms with Crippen molar-refractivity contribution in [3.63, 3.8) is 0 Å². The number of unbranched alkanes of at least 4 members (excludes halogenated alkanes) is 3. The minimum atomic E-state index is 0. The average molecular weight is 112 g/mol. The zero-order chi connectivity index (χ0) is 4.83. The molecule has 7 heavy (non-hydrogen) atoms. The first-order valence-electron chi connectivity index (χ1n) is 2.91. The molecule has 0 aromatic heterocycles. The molecule has 0 spiro atoms. The van der Waals surface area contributed by atoms with E-state index in [1.54, 1.807) is 0 Å². The third-order valence-corrected chi connectivity index (χ3v) is 0.957. The van der Waals surface area contributed by atoms with Crippen molar-refractivity contribution in [1.82, 2.24) is 0 Å². The molecule has 0 bridgehead atoms. The monoisotopic (exact) mass is 112 g/mol. The summed E-state index contributed by atoms with van der Waals surface area (Å²) in [4.78, 5) is 0. The first kappa shape index (κ1) is 10.7. The van der Waals surface area contributed by atoms with Gasteiger partial charge in [-0.2, -0.15) is 0 Å². The smallest absolute Gasteiger partial charge is 1.00 e. The van der Waals surface area contributed by atoms with Gasteiger partial charge in [-0.05, 0) is 0 Å². The molecule has 0 radical (unpaired) electrons. The summed E-state index contributed by atoms with van der Waals surface area (Å²) in [6.45, 7) is 4.46. The Bertz CT molecular complexity index is 23.0. The van der Waals surface area contributed by atoms with Gasteiger partial charge in [-0.1, -0.05) is 39.5 Å². The van der Waals surface area contributed by atoms with Gasteiger partial charge in [0.15, 0.2) is 0 Å². The molecule has 0 saturated carbocycles. The second-order valence-electron chi connectivity index (χ2n) is 1.71. The van der Waals surface area contributed by atoms with E-state index in [0.717, 1.165) is 0 Å². The topological polar surface area (TPSA) is 0 Å². The molecule has 0 fully saturated rings. The van der Waals surface area contributed by atoms with Crippen molar-refractivity contribution in [2.75, 3.05) is 0 Å². The van der Waals surface area contributed by atoms with Crippen LogP contribution in [0.3, 0.4) is 0 Å². The first-order chi connectivity index (χ1) is 2.91. The van der Waals surface area contributed by atoms with Gasteiger partial charge in [-0.15, -0.1) is 0 Å². The molecule has 0 N–H and O–H groups in total. The molecular formula is C6H16Mg. The average Bonchev–Trinajstić information content (AvgIpc) is 1.61. The van der Waals surface area contributed by atoms with Crippen molar-refractivity contribution in [3.8, 4) is 0 Å². The summed E-state index contributed by atoms with van der Waals surface area (Å²) in [6.07, 6.45) is 5.54. The van der Waals surface area contributed by atoms with Crippen LogP contribution in [-0.4, -0.2) is 23.1 Å². The predicted octanol–water partition coefficient (Wildman–Crippen LogP) is 2.43. The second kappa shape index (κ2) is 9.90. The van der Waals surface area contributed by atoms with Crippen molar-refractivity contribution < 1.29 is 2.85 Å². The van der Waals surface area contributed by atoms with E-state index >= 15 is 0 Å². The fourth-order valence-corrected chi connectivity index (χ4v) is 0.500. The molecule has 0 aliphatic heterocycles. The first-order valence-corrected chi connectivity index (χ1v) is 2.91. The van der Waals surface area contributed by atoms with Gasteiger partial charge in [0.1, 0.15) is 0 Å². The summed E-state index contributed by atoms with van der Waals surface area (Å²) < 4.78 is 0. The Morgan fingerprint density at radius 3 is 1.43 bits per heavy atom. The van der Waals surface area contributed by atoms with Crippen LogP contribution in [0.2, 0.25) is 0 Å². The van der Waals surface area contributed by atoms with E-state index in [4.69, 9.17) is 0 Å². The summed E-state index contributed by atoms with van der Waals surface area (Å²) in [5.74, 6) is 0. The van der Waals surface area contributed by atoms with Crippen LogP contribution in [0.1, 0.15) is 42.4 Å². The maximum Gasteiger partial charge on any atom is 2.00 e. The molecule has 0 aliphatic carbocycles. The van der Waals surface area contributed by atoms with E-state index in [1.807, 2.05) is 0 Å². The molecule has 0 heterocycles. The van der Waals surface area contributed by atoms with E-state index < -0.39 is 0 Å². The molecule has 0 aliphatic rings. The molecule has 0 aromatic rings. The summed E-state index contributed by atoms with van der Waals surface area (Å²) in [5.41, 5.74) is 0. The van der Waals surface area contributed by atoms with Crippen molar-refractivity contribution in [3.05, 3.63) is 0 Å². The molecule has 42 valence electrons. The van der Waals surface area contributed by atoms with Gasteiger partial charge in [0.25, 0.3) is 0 Å². The fraction of sp³-hybridized carbons (Fsp3) is 1.00. The van der Waals surface area contributed by atoms with E-state index in [9.17, 15) is 0 Å². The number of rotatable bonds is 3. The Hall–Kier alpha value is 0.766. The van der Waals surface area contributed by atoms with Crippen molar-refractivity contribution >= 4 is 23.1 Å². The van der Waals surface area contributed by atoms with Gasteiger partial charge >= 0.3 is 23.1 Å². The van der Waals surface area contributed by atoms with Crippen LogP contribution >= 0.6 is 0 Å². The summed E-state index contributed by atoms with van der Waals surface area (Å²) >= 11 is 0. The Morgan fingerprint density at radius 2 is 1.29 bits per heavy atom. The Morgan fingerprint density at radius 1 is 1.00 bits per heavy atom. The maximum absolute atomic E-state index is 2.23. The van der Waals surface area contributed by atoms with Gasteiger partial charge in [0.05, 0.1) is 0 Å². The molecule has 0 rings (SSSR count). The van der Waals surface area contributed by atoms with Gasteiger partial charge in [-0.25, -0.2) is 0 Å². The van der Waals surface area contributed by atoms with Crippen molar-refractivity contribution in [2.45, 2.75) is 39.5 Å². The van der Waals surface area contributed by atoms with E-state index in [-0.39, 0.29) is 25.9 Å². The quantitative estimate of drug-likeness (QED) is 0.389. The minimum absolute atomic E-state index is 0. The van der Waals surface area contributed by atoms with Crippen LogP contribution in [-0.2, 0) is 0 Å². The molecule has 0 atom stereocenters. The molecular weight excluding hydrogens is 96.4 g/mol. The van der Waals surface area contributed by atoms with E-state index in [1.165, 1.54) is 25.7 Å². The van der Waals surface area contributed by atoms with Crippen LogP contribution in [0.5, 0.6) is 0 Å². The summed E-state index contributed by atoms with van der Waals surface area (Å²) in [6, 6.07) is 0. The molecule has 1 heteroatoms. The minimum Gasteiger partial charge on any atom is -1.00 e. The van der Waals surface area contributed by atoms with E-state index in [0.29, 0.717) is 0 Å². The van der Waals surface area contributed by atoms with Crippen LogP contribution in [0.25, 0.3) is 0 Å². The third kappa shape index (κ3) is 10.8. The molecule has 0 nitrogen and oxygen atoms in total. The largest absolute Gasteiger partial charge is 2.00 e. The van der Waals surface area contributed by atoms with Gasteiger partial charge < -0.3 is 2.85 Å². The van der Waals surface area contributed by atoms with Crippen molar-refractivity contribution in [1.29, 1.82) is 0 Å². The summed E-state index contributed by atoms with van der Waals surface area (Å²) in [7, 11) is 0. The zero-order valence-electron chi connectivity index (χ0n) is 7.54. The van der Waals surface area contributed by atoms with Crippen LogP contribution in [0.15, 0.2) is 0 Å². The number of hydrogen-bond donors (Lipinski definition) is 0. The van der Waals surface area contributed by atoms with Gasteiger partial charge in [-0.3, -0.25) is 0 Å². The standard InChI is InChI=1S/C6H14.Mg.2H/c1-3-5-6-4-2;;;/h3-6H2,1-2H3;;;/q;+2;2*-1. The molecule has 0 aromatic carbocycles. The number of hydrogen-bond acceptors (Lipinski definition) is 0. The van der Waals surface area contributed by atoms with Crippen LogP contribution < -0.4 is 0 Å². The van der Waals surface area contributed by atoms with Gasteiger partial charge in [0, 0.05) is 0 Å². The molecule has 0 saturated heterocycles. The SMILES string of the molecule is CCCCCC.[H-].[H-].[Mg+2]. The molecule has 0 unspecified atom stereocenters. The zero-order valence-corrected chi connectivity index (χ0v) is 6.95. The molecule has 0 amide bonds. The van der Waals surface area contributed by atoms with Crippen LogP contribution in [0, 0.1) is 0 Å². The Kier molecular flexibility index (Phi) is 15.1. The summed E-state index contributed by atoms with van der Waals surface area (Å²) in [5, 5.41) is 0. The predicted molar refractivity (Wildman–Crippen MR) is 37.8 cm³/mol. The maximum atomic E-state index is 2.23. The normalized spacial score (nSPS) is 7.71. The second-order valence-corrected chi connectivity index (χ2v) is 1.71. The fourth-order valence-electron chi connectivity index (χ4n) is 0.500. The van der Waals surface area contributed by atoms with Crippen molar-refractivity contribution in [2.24, 2.45) is 0 Å². The Balaban J connectivity index is -0.0000000417. The third-order valence-electron chi connectivity index (χ3n) is 0.957. The van der Waals surface area contributed by atoms with E-state index in [2.05, 4.69) is 13.8 Å². The Labute approximate surface area is 65.8 Å².